The van der Waals surface area contributed by atoms with Crippen molar-refractivity contribution in [2.45, 2.75) is 50.5 Å². The van der Waals surface area contributed by atoms with E-state index in [1.54, 1.807) is 48.5 Å². The Morgan fingerprint density at radius 1 is 0.761 bits per heavy atom. The van der Waals surface area contributed by atoms with Crippen LogP contribution in [0.1, 0.15) is 64.8 Å². The monoisotopic (exact) mass is 619 g/mol. The molecule has 8 heteroatoms. The van der Waals surface area contributed by atoms with Gasteiger partial charge in [-0.1, -0.05) is 92.1 Å². The standard InChI is InChI=1S/C38H35F2N3O3/c39-38(40)23-24-43(33-22-11-10-19-29(33)32(38)25-34(44)41-27-15-6-2-7-16-27)37(46)31-21-12-20-30(35(31)26-13-4-1-5-14-26)36(45)42-28-17-8-3-9-18-28/h1,3-5,8-14,17-22,25,27H,2,6-7,15-16,23-24H2,(H,41,44)(H,42,45). The van der Waals surface area contributed by atoms with Crippen LogP contribution in [-0.4, -0.2) is 36.2 Å². The Hall–Kier alpha value is -5.11. The van der Waals surface area contributed by atoms with Gasteiger partial charge < -0.3 is 15.5 Å². The van der Waals surface area contributed by atoms with Gasteiger partial charge in [0.05, 0.1) is 5.69 Å². The summed E-state index contributed by atoms with van der Waals surface area (Å²) >= 11 is 0. The van der Waals surface area contributed by atoms with Crippen LogP contribution in [0.2, 0.25) is 0 Å². The SMILES string of the molecule is O=C(C=C1c2ccccc2N(C(=O)c2cccc(C(=O)Nc3ccccc3)c2-c2ccccc2)CCC1(F)F)NC1CCCCC1. The Kier molecular flexibility index (Phi) is 9.06. The first-order chi connectivity index (χ1) is 22.3. The van der Waals surface area contributed by atoms with E-state index in [0.717, 1.165) is 38.2 Å². The van der Waals surface area contributed by atoms with Gasteiger partial charge in [0.25, 0.3) is 17.7 Å². The number of alkyl halides is 2. The molecule has 0 unspecified atom stereocenters. The number of amides is 3. The van der Waals surface area contributed by atoms with E-state index in [4.69, 9.17) is 0 Å². The first-order valence-electron chi connectivity index (χ1n) is 15.7. The molecule has 6 nitrogen and oxygen atoms in total. The maximum atomic E-state index is 15.9. The smallest absolute Gasteiger partial charge is 0.275 e. The Morgan fingerprint density at radius 2 is 1.41 bits per heavy atom. The number of carbonyl (C=O) groups is 3. The molecule has 0 bridgehead atoms. The van der Waals surface area contributed by atoms with Crippen molar-refractivity contribution in [2.75, 3.05) is 16.8 Å². The normalized spacial score (nSPS) is 17.1. The van der Waals surface area contributed by atoms with Gasteiger partial charge in [0.15, 0.2) is 0 Å². The molecule has 1 aliphatic carbocycles. The molecule has 2 N–H and O–H groups in total. The lowest BCUT2D eigenvalue weighted by molar-refractivity contribution is -0.117. The topological polar surface area (TPSA) is 78.5 Å². The minimum Gasteiger partial charge on any atom is -0.350 e. The van der Waals surface area contributed by atoms with E-state index in [1.807, 2.05) is 48.5 Å². The molecule has 0 atom stereocenters. The molecule has 0 spiro atoms. The minimum absolute atomic E-state index is 0.0337. The fourth-order valence-corrected chi connectivity index (χ4v) is 6.36. The van der Waals surface area contributed by atoms with Crippen molar-refractivity contribution in [3.05, 3.63) is 126 Å². The zero-order valence-electron chi connectivity index (χ0n) is 25.3. The van der Waals surface area contributed by atoms with Crippen LogP contribution in [0.5, 0.6) is 0 Å². The number of benzene rings is 4. The highest BCUT2D eigenvalue weighted by atomic mass is 19.3. The lowest BCUT2D eigenvalue weighted by Crippen LogP contribution is -2.36. The molecular formula is C38H35F2N3O3. The largest absolute Gasteiger partial charge is 0.350 e. The highest BCUT2D eigenvalue weighted by Gasteiger charge is 2.42. The number of nitrogens with one attached hydrogen (secondary N) is 2. The van der Waals surface area contributed by atoms with Crippen LogP contribution < -0.4 is 15.5 Å². The fraction of sp³-hybridized carbons (Fsp3) is 0.237. The third kappa shape index (κ3) is 6.61. The predicted molar refractivity (Wildman–Crippen MR) is 177 cm³/mol. The van der Waals surface area contributed by atoms with E-state index in [9.17, 15) is 14.4 Å². The summed E-state index contributed by atoms with van der Waals surface area (Å²) in [7, 11) is 0. The summed E-state index contributed by atoms with van der Waals surface area (Å²) in [6, 6.07) is 29.4. The summed E-state index contributed by atoms with van der Waals surface area (Å²) in [4.78, 5) is 42.5. The molecule has 234 valence electrons. The zero-order chi connectivity index (χ0) is 32.1. The van der Waals surface area contributed by atoms with Crippen molar-refractivity contribution in [1.29, 1.82) is 0 Å². The Morgan fingerprint density at radius 3 is 2.15 bits per heavy atom. The summed E-state index contributed by atoms with van der Waals surface area (Å²) in [6.45, 7) is -0.293. The maximum Gasteiger partial charge on any atom is 0.275 e. The second-order valence-corrected chi connectivity index (χ2v) is 11.7. The molecule has 0 aromatic heterocycles. The van der Waals surface area contributed by atoms with Crippen LogP contribution in [0.4, 0.5) is 20.2 Å². The van der Waals surface area contributed by atoms with Gasteiger partial charge in [-0.25, -0.2) is 8.78 Å². The van der Waals surface area contributed by atoms with Gasteiger partial charge in [-0.05, 0) is 48.7 Å². The number of hydrogen-bond donors (Lipinski definition) is 2. The fourth-order valence-electron chi connectivity index (χ4n) is 6.36. The van der Waals surface area contributed by atoms with Gasteiger partial charge >= 0.3 is 0 Å². The van der Waals surface area contributed by atoms with Gasteiger partial charge in [-0.15, -0.1) is 0 Å². The molecule has 1 fully saturated rings. The van der Waals surface area contributed by atoms with Crippen LogP contribution >= 0.6 is 0 Å². The second-order valence-electron chi connectivity index (χ2n) is 11.7. The highest BCUT2D eigenvalue weighted by Crippen LogP contribution is 2.44. The van der Waals surface area contributed by atoms with E-state index < -0.39 is 35.6 Å². The number of allylic oxidation sites excluding steroid dienone is 1. The van der Waals surface area contributed by atoms with Crippen molar-refractivity contribution in [3.8, 4) is 11.1 Å². The Bertz CT molecular complexity index is 1770. The van der Waals surface area contributed by atoms with Crippen LogP contribution in [0, 0.1) is 0 Å². The van der Waals surface area contributed by atoms with Gasteiger partial charge in [-0.2, -0.15) is 0 Å². The molecule has 0 radical (unpaired) electrons. The molecule has 0 saturated heterocycles. The van der Waals surface area contributed by atoms with E-state index in [2.05, 4.69) is 10.6 Å². The van der Waals surface area contributed by atoms with Crippen molar-refractivity contribution in [3.63, 3.8) is 0 Å². The number of fused-ring (bicyclic) bond motifs is 1. The average Bonchev–Trinajstić information content (AvgIpc) is 3.18. The molecule has 6 rings (SSSR count). The van der Waals surface area contributed by atoms with Gasteiger partial charge in [0, 0.05) is 58.6 Å². The van der Waals surface area contributed by atoms with Crippen LogP contribution in [0.3, 0.4) is 0 Å². The van der Waals surface area contributed by atoms with Crippen molar-refractivity contribution >= 4 is 34.7 Å². The number of halogens is 2. The van der Waals surface area contributed by atoms with Crippen LogP contribution in [0.15, 0.2) is 109 Å². The first-order valence-corrected chi connectivity index (χ1v) is 15.7. The van der Waals surface area contributed by atoms with Gasteiger partial charge in [0.1, 0.15) is 0 Å². The Labute approximate surface area is 267 Å². The molecule has 4 aromatic carbocycles. The second kappa shape index (κ2) is 13.5. The Balaban J connectivity index is 1.40. The average molecular weight is 620 g/mol. The van der Waals surface area contributed by atoms with Crippen molar-refractivity contribution < 1.29 is 23.2 Å². The molecule has 1 aliphatic heterocycles. The van der Waals surface area contributed by atoms with E-state index >= 15 is 8.78 Å². The molecule has 2 aliphatic rings. The minimum atomic E-state index is -3.37. The number of para-hydroxylation sites is 2. The quantitative estimate of drug-likeness (QED) is 0.214. The lowest BCUT2D eigenvalue weighted by Gasteiger charge is -2.25. The van der Waals surface area contributed by atoms with E-state index in [0.29, 0.717) is 16.8 Å². The first kappa shape index (κ1) is 30.9. The number of rotatable bonds is 6. The summed E-state index contributed by atoms with van der Waals surface area (Å²) in [5.41, 5.74) is 2.10. The number of anilines is 2. The summed E-state index contributed by atoms with van der Waals surface area (Å²) in [5, 5.41) is 5.80. The van der Waals surface area contributed by atoms with Crippen LogP contribution in [-0.2, 0) is 4.79 Å². The summed E-state index contributed by atoms with van der Waals surface area (Å²) in [5.74, 6) is -4.85. The van der Waals surface area contributed by atoms with Crippen LogP contribution in [0.25, 0.3) is 16.7 Å². The molecule has 1 heterocycles. The highest BCUT2D eigenvalue weighted by molar-refractivity contribution is 6.17. The third-order valence-corrected chi connectivity index (χ3v) is 8.63. The molecular weight excluding hydrogens is 584 g/mol. The maximum absolute atomic E-state index is 15.9. The molecule has 4 aromatic rings. The number of carbonyl (C=O) groups excluding carboxylic acids is 3. The lowest BCUT2D eigenvalue weighted by atomic mass is 9.92. The van der Waals surface area contributed by atoms with Crippen molar-refractivity contribution in [2.24, 2.45) is 0 Å². The van der Waals surface area contributed by atoms with Crippen molar-refractivity contribution in [1.82, 2.24) is 5.32 Å². The van der Waals surface area contributed by atoms with E-state index in [1.165, 1.54) is 11.0 Å². The number of nitrogens with zero attached hydrogens (tertiary/aromatic N) is 1. The summed E-state index contributed by atoms with van der Waals surface area (Å²) in [6.07, 6.45) is 5.09. The summed E-state index contributed by atoms with van der Waals surface area (Å²) < 4.78 is 31.7. The third-order valence-electron chi connectivity index (χ3n) is 8.63. The molecule has 46 heavy (non-hydrogen) atoms. The molecule has 1 saturated carbocycles. The van der Waals surface area contributed by atoms with Gasteiger partial charge in [-0.3, -0.25) is 14.4 Å². The predicted octanol–water partition coefficient (Wildman–Crippen LogP) is 8.12. The molecule has 3 amide bonds. The van der Waals surface area contributed by atoms with E-state index in [-0.39, 0.29) is 35.0 Å². The zero-order valence-corrected chi connectivity index (χ0v) is 25.3. The van der Waals surface area contributed by atoms with Gasteiger partial charge in [0.2, 0.25) is 5.91 Å². The number of hydrogen-bond acceptors (Lipinski definition) is 3.